The molecule has 1 aliphatic rings. The molecular formula is C25H25NO8S2. The summed E-state index contributed by atoms with van der Waals surface area (Å²) in [5, 5.41) is 1.34. The number of benzene rings is 3. The van der Waals surface area contributed by atoms with E-state index < -0.39 is 36.6 Å². The lowest BCUT2D eigenvalue weighted by atomic mass is 10.0. The average Bonchev–Trinajstić information content (AvgIpc) is 3.18. The molecule has 0 saturated heterocycles. The highest BCUT2D eigenvalue weighted by Gasteiger charge is 2.45. The highest BCUT2D eigenvalue weighted by atomic mass is 32.2. The topological polar surface area (TPSA) is 125 Å². The number of hydrogen-bond donors (Lipinski definition) is 1. The van der Waals surface area contributed by atoms with Crippen molar-refractivity contribution in [2.75, 3.05) is 27.1 Å². The Balaban J connectivity index is 1.70. The van der Waals surface area contributed by atoms with Crippen LogP contribution in [0, 0.1) is 0 Å². The van der Waals surface area contributed by atoms with Crippen molar-refractivity contribution in [1.29, 1.82) is 0 Å². The van der Waals surface area contributed by atoms with E-state index in [1.54, 1.807) is 30.3 Å². The standard InChI is InChI=1S/C25H25NO8S2/c1-32-19-12-16(13-20(33-2)24(19)34-3)14-26-25(27)18-10-7-11-21-23(18)22(15-35(21,28)29)36(30,31)17-8-5-4-6-9-17/h4-13,22H,14-15H2,1-3H3,(H,26,27). The number of fused-ring (bicyclic) bond motifs is 1. The normalized spacial score (nSPS) is 16.1. The number of nitrogens with one attached hydrogen (secondary N) is 1. The lowest BCUT2D eigenvalue weighted by Gasteiger charge is -2.16. The van der Waals surface area contributed by atoms with Crippen LogP contribution in [0.4, 0.5) is 0 Å². The first-order chi connectivity index (χ1) is 17.1. The van der Waals surface area contributed by atoms with Gasteiger partial charge >= 0.3 is 0 Å². The fourth-order valence-electron chi connectivity index (χ4n) is 4.25. The van der Waals surface area contributed by atoms with Crippen LogP contribution in [0.25, 0.3) is 0 Å². The number of hydrogen-bond acceptors (Lipinski definition) is 8. The van der Waals surface area contributed by atoms with Crippen LogP contribution in [0.2, 0.25) is 0 Å². The van der Waals surface area contributed by atoms with Gasteiger partial charge < -0.3 is 19.5 Å². The summed E-state index contributed by atoms with van der Waals surface area (Å²) in [5.74, 6) is -0.0267. The molecule has 0 aliphatic carbocycles. The quantitative estimate of drug-likeness (QED) is 0.470. The zero-order chi connectivity index (χ0) is 26.1. The zero-order valence-corrected chi connectivity index (χ0v) is 21.5. The van der Waals surface area contributed by atoms with Gasteiger partial charge in [0.25, 0.3) is 5.91 Å². The van der Waals surface area contributed by atoms with E-state index in [1.165, 1.54) is 51.7 Å². The predicted molar refractivity (Wildman–Crippen MR) is 132 cm³/mol. The Hall–Kier alpha value is -3.57. The Bertz CT molecular complexity index is 1490. The minimum absolute atomic E-state index is 0.00863. The molecule has 0 radical (unpaired) electrons. The molecular weight excluding hydrogens is 506 g/mol. The molecule has 9 nitrogen and oxygen atoms in total. The monoisotopic (exact) mass is 531 g/mol. The summed E-state index contributed by atoms with van der Waals surface area (Å²) < 4.78 is 68.5. The molecule has 1 aliphatic heterocycles. The third-order valence-corrected chi connectivity index (χ3v) is 10.1. The number of amides is 1. The van der Waals surface area contributed by atoms with Crippen molar-refractivity contribution in [3.05, 3.63) is 77.4 Å². The first-order valence-electron chi connectivity index (χ1n) is 10.9. The Labute approximate surface area is 209 Å². The predicted octanol–water partition coefficient (Wildman–Crippen LogP) is 2.94. The lowest BCUT2D eigenvalue weighted by molar-refractivity contribution is 0.0949. The van der Waals surface area contributed by atoms with Crippen molar-refractivity contribution in [1.82, 2.24) is 5.32 Å². The Morgan fingerprint density at radius 1 is 0.944 bits per heavy atom. The maximum Gasteiger partial charge on any atom is 0.251 e. The number of carbonyl (C=O) groups is 1. The molecule has 0 saturated carbocycles. The molecule has 190 valence electrons. The second-order valence-electron chi connectivity index (χ2n) is 8.06. The van der Waals surface area contributed by atoms with Gasteiger partial charge in [0.15, 0.2) is 31.2 Å². The highest BCUT2D eigenvalue weighted by Crippen LogP contribution is 2.43. The van der Waals surface area contributed by atoms with Crippen LogP contribution in [0.15, 0.2) is 70.5 Å². The van der Waals surface area contributed by atoms with Gasteiger partial charge in [0, 0.05) is 17.7 Å². The largest absolute Gasteiger partial charge is 0.493 e. The second-order valence-corrected chi connectivity index (χ2v) is 12.2. The van der Waals surface area contributed by atoms with Gasteiger partial charge in [0.05, 0.1) is 36.9 Å². The van der Waals surface area contributed by atoms with E-state index in [1.807, 2.05) is 0 Å². The van der Waals surface area contributed by atoms with E-state index in [0.717, 1.165) is 0 Å². The van der Waals surface area contributed by atoms with Crippen LogP contribution < -0.4 is 19.5 Å². The van der Waals surface area contributed by atoms with E-state index in [-0.39, 0.29) is 27.5 Å². The van der Waals surface area contributed by atoms with E-state index in [0.29, 0.717) is 22.8 Å². The molecule has 1 amide bonds. The molecule has 0 spiro atoms. The summed E-state index contributed by atoms with van der Waals surface area (Å²) >= 11 is 0. The Morgan fingerprint density at radius 3 is 2.17 bits per heavy atom. The third kappa shape index (κ3) is 4.51. The van der Waals surface area contributed by atoms with Crippen molar-refractivity contribution in [3.8, 4) is 17.2 Å². The molecule has 1 heterocycles. The molecule has 0 fully saturated rings. The van der Waals surface area contributed by atoms with E-state index >= 15 is 0 Å². The Morgan fingerprint density at radius 2 is 1.58 bits per heavy atom. The first-order valence-corrected chi connectivity index (χ1v) is 14.1. The smallest absolute Gasteiger partial charge is 0.251 e. The molecule has 1 N–H and O–H groups in total. The number of rotatable bonds is 8. The maximum absolute atomic E-state index is 13.4. The summed E-state index contributed by atoms with van der Waals surface area (Å²) in [5.41, 5.74) is 0.612. The molecule has 1 unspecified atom stereocenters. The maximum atomic E-state index is 13.4. The van der Waals surface area contributed by atoms with Gasteiger partial charge in [-0.15, -0.1) is 0 Å². The van der Waals surface area contributed by atoms with Crippen LogP contribution in [0.3, 0.4) is 0 Å². The summed E-state index contributed by atoms with van der Waals surface area (Å²) in [6.45, 7) is 0.0437. The molecule has 0 aromatic heterocycles. The minimum atomic E-state index is -4.08. The van der Waals surface area contributed by atoms with Crippen LogP contribution in [0.1, 0.15) is 26.7 Å². The van der Waals surface area contributed by atoms with E-state index in [9.17, 15) is 21.6 Å². The van der Waals surface area contributed by atoms with Gasteiger partial charge in [-0.3, -0.25) is 4.79 Å². The fourth-order valence-corrected chi connectivity index (χ4v) is 8.63. The SMILES string of the molecule is COc1cc(CNC(=O)c2cccc3c2C(S(=O)(=O)c2ccccc2)CS3(=O)=O)cc(OC)c1OC. The summed E-state index contributed by atoms with van der Waals surface area (Å²) in [7, 11) is -3.56. The summed E-state index contributed by atoms with van der Waals surface area (Å²) in [6, 6.07) is 15.1. The van der Waals surface area contributed by atoms with E-state index in [2.05, 4.69) is 5.32 Å². The molecule has 11 heteroatoms. The minimum Gasteiger partial charge on any atom is -0.493 e. The van der Waals surface area contributed by atoms with Crippen molar-refractivity contribution in [3.63, 3.8) is 0 Å². The van der Waals surface area contributed by atoms with Crippen LogP contribution in [-0.4, -0.2) is 49.8 Å². The first kappa shape index (κ1) is 25.5. The lowest BCUT2D eigenvalue weighted by Crippen LogP contribution is -2.25. The molecule has 0 bridgehead atoms. The van der Waals surface area contributed by atoms with Gasteiger partial charge in [-0.25, -0.2) is 16.8 Å². The van der Waals surface area contributed by atoms with E-state index in [4.69, 9.17) is 14.2 Å². The number of ether oxygens (including phenoxy) is 3. The average molecular weight is 532 g/mol. The number of carbonyl (C=O) groups excluding carboxylic acids is 1. The fraction of sp³-hybridized carbons (Fsp3) is 0.240. The van der Waals surface area contributed by atoms with Gasteiger partial charge in [-0.05, 0) is 42.0 Å². The molecule has 3 aromatic carbocycles. The second kappa shape index (κ2) is 9.82. The number of methoxy groups -OCH3 is 3. The molecule has 4 rings (SSSR count). The summed E-state index contributed by atoms with van der Waals surface area (Å²) in [4.78, 5) is 13.1. The van der Waals surface area contributed by atoms with Crippen LogP contribution in [0.5, 0.6) is 17.2 Å². The van der Waals surface area contributed by atoms with Crippen molar-refractivity contribution in [2.24, 2.45) is 0 Å². The Kier molecular flexibility index (Phi) is 6.96. The summed E-state index contributed by atoms with van der Waals surface area (Å²) in [6.07, 6.45) is 0. The number of sulfone groups is 2. The van der Waals surface area contributed by atoms with Gasteiger partial charge in [0.1, 0.15) is 5.25 Å². The molecule has 3 aromatic rings. The zero-order valence-electron chi connectivity index (χ0n) is 19.8. The third-order valence-electron chi connectivity index (χ3n) is 5.96. The highest BCUT2D eigenvalue weighted by molar-refractivity contribution is 7.96. The van der Waals surface area contributed by atoms with Crippen LogP contribution in [-0.2, 0) is 26.2 Å². The van der Waals surface area contributed by atoms with Gasteiger partial charge in [-0.1, -0.05) is 24.3 Å². The van der Waals surface area contributed by atoms with Gasteiger partial charge in [-0.2, -0.15) is 0 Å². The molecule has 1 atom stereocenters. The van der Waals surface area contributed by atoms with Crippen molar-refractivity contribution >= 4 is 25.6 Å². The van der Waals surface area contributed by atoms with Crippen molar-refractivity contribution in [2.45, 2.75) is 21.6 Å². The molecule has 36 heavy (non-hydrogen) atoms. The van der Waals surface area contributed by atoms with Crippen LogP contribution >= 0.6 is 0 Å². The van der Waals surface area contributed by atoms with Crippen molar-refractivity contribution < 1.29 is 35.8 Å². The van der Waals surface area contributed by atoms with Gasteiger partial charge in [0.2, 0.25) is 5.75 Å².